The molecule has 1 unspecified atom stereocenters. The Balaban J connectivity index is 1.76. The highest BCUT2D eigenvalue weighted by Crippen LogP contribution is 2.26. The number of benzene rings is 2. The van der Waals surface area contributed by atoms with Gasteiger partial charge in [0.15, 0.2) is 16.4 Å². The number of nitrogens with zero attached hydrogens (tertiary/aromatic N) is 1. The molecule has 0 bridgehead atoms. The van der Waals surface area contributed by atoms with Crippen LogP contribution in [0.5, 0.6) is 5.75 Å². The molecular weight excluding hydrogens is 445 g/mol. The van der Waals surface area contributed by atoms with Crippen molar-refractivity contribution in [3.05, 3.63) is 63.1 Å². The summed E-state index contributed by atoms with van der Waals surface area (Å²) in [6.07, 6.45) is 0.389. The molecule has 9 heteroatoms. The summed E-state index contributed by atoms with van der Waals surface area (Å²) < 4.78 is 29.4. The minimum atomic E-state index is -3.16. The third kappa shape index (κ3) is 5.54. The van der Waals surface area contributed by atoms with Gasteiger partial charge in [0, 0.05) is 27.7 Å². The third-order valence-electron chi connectivity index (χ3n) is 4.50. The van der Waals surface area contributed by atoms with Crippen molar-refractivity contribution in [1.29, 1.82) is 0 Å². The van der Waals surface area contributed by atoms with Gasteiger partial charge < -0.3 is 9.64 Å². The summed E-state index contributed by atoms with van der Waals surface area (Å²) in [7, 11) is -3.16. The maximum atomic E-state index is 12.9. The minimum Gasteiger partial charge on any atom is -0.484 e. The third-order valence-corrected chi connectivity index (χ3v) is 7.09. The predicted molar refractivity (Wildman–Crippen MR) is 111 cm³/mol. The van der Waals surface area contributed by atoms with Crippen molar-refractivity contribution in [3.63, 3.8) is 0 Å². The summed E-state index contributed by atoms with van der Waals surface area (Å²) in [5.41, 5.74) is 0.690. The zero-order chi connectivity index (χ0) is 20.3. The fraction of sp³-hybridized carbons (Fsp3) is 0.316. The SMILES string of the molecule is O=C(COc1ccc(Cl)cc1)N(Cc1ccc(Cl)cc1Cl)C1CCS(=O)(=O)C1. The molecule has 0 N–H and O–H groups in total. The quantitative estimate of drug-likeness (QED) is 0.644. The van der Waals surface area contributed by atoms with E-state index in [0.717, 1.165) is 0 Å². The van der Waals surface area contributed by atoms with E-state index in [1.54, 1.807) is 42.5 Å². The number of halogens is 3. The standard InChI is InChI=1S/C19H18Cl3NO4S/c20-14-3-5-17(6-4-14)27-11-19(24)23(16-7-8-28(25,26)12-16)10-13-1-2-15(21)9-18(13)22/h1-6,9,16H,7-8,10-12H2. The minimum absolute atomic E-state index is 0.0633. The zero-order valence-electron chi connectivity index (χ0n) is 14.8. The Hall–Kier alpha value is -1.47. The molecule has 1 atom stereocenters. The van der Waals surface area contributed by atoms with Crippen molar-refractivity contribution in [3.8, 4) is 5.75 Å². The molecule has 0 spiro atoms. The van der Waals surface area contributed by atoms with Crippen LogP contribution in [-0.2, 0) is 21.2 Å². The Morgan fingerprint density at radius 1 is 1.07 bits per heavy atom. The van der Waals surface area contributed by atoms with Gasteiger partial charge in [-0.3, -0.25) is 4.79 Å². The number of amides is 1. The lowest BCUT2D eigenvalue weighted by Crippen LogP contribution is -2.43. The van der Waals surface area contributed by atoms with Crippen molar-refractivity contribution in [2.75, 3.05) is 18.1 Å². The Kier molecular flexibility index (Phi) is 6.76. The van der Waals surface area contributed by atoms with E-state index >= 15 is 0 Å². The molecule has 1 aliphatic heterocycles. The average molecular weight is 463 g/mol. The van der Waals surface area contributed by atoms with Gasteiger partial charge >= 0.3 is 0 Å². The number of carbonyl (C=O) groups is 1. The number of ether oxygens (including phenoxy) is 1. The highest BCUT2D eigenvalue weighted by atomic mass is 35.5. The van der Waals surface area contributed by atoms with Crippen LogP contribution in [0.15, 0.2) is 42.5 Å². The fourth-order valence-electron chi connectivity index (χ4n) is 3.03. The topological polar surface area (TPSA) is 63.7 Å². The van der Waals surface area contributed by atoms with Gasteiger partial charge in [-0.1, -0.05) is 40.9 Å². The number of hydrogen-bond donors (Lipinski definition) is 0. The highest BCUT2D eigenvalue weighted by molar-refractivity contribution is 7.91. The van der Waals surface area contributed by atoms with E-state index in [0.29, 0.717) is 32.8 Å². The number of rotatable bonds is 6. The normalized spacial score (nSPS) is 18.0. The second-order valence-corrected chi connectivity index (χ2v) is 10.1. The number of hydrogen-bond acceptors (Lipinski definition) is 4. The Bertz CT molecular complexity index is 964. The Labute approximate surface area is 179 Å². The van der Waals surface area contributed by atoms with E-state index in [1.807, 2.05) is 0 Å². The summed E-state index contributed by atoms with van der Waals surface area (Å²) in [5, 5.41) is 1.47. The van der Waals surface area contributed by atoms with Gasteiger partial charge in [-0.15, -0.1) is 0 Å². The Morgan fingerprint density at radius 2 is 1.75 bits per heavy atom. The smallest absolute Gasteiger partial charge is 0.261 e. The maximum Gasteiger partial charge on any atom is 0.261 e. The van der Waals surface area contributed by atoms with Crippen LogP contribution < -0.4 is 4.74 Å². The first kappa shape index (κ1) is 21.2. The van der Waals surface area contributed by atoms with E-state index in [2.05, 4.69) is 0 Å². The molecule has 28 heavy (non-hydrogen) atoms. The van der Waals surface area contributed by atoms with Gasteiger partial charge in [0.2, 0.25) is 0 Å². The lowest BCUT2D eigenvalue weighted by atomic mass is 10.1. The van der Waals surface area contributed by atoms with Crippen LogP contribution in [0.2, 0.25) is 15.1 Å². The van der Waals surface area contributed by atoms with Gasteiger partial charge in [-0.2, -0.15) is 0 Å². The monoisotopic (exact) mass is 461 g/mol. The van der Waals surface area contributed by atoms with Crippen LogP contribution >= 0.6 is 34.8 Å². The largest absolute Gasteiger partial charge is 0.484 e. The summed E-state index contributed by atoms with van der Waals surface area (Å²) in [5.74, 6) is 0.183. The fourth-order valence-corrected chi connectivity index (χ4v) is 5.36. The molecule has 0 radical (unpaired) electrons. The summed E-state index contributed by atoms with van der Waals surface area (Å²) in [4.78, 5) is 14.4. The first-order chi connectivity index (χ1) is 13.2. The highest BCUT2D eigenvalue weighted by Gasteiger charge is 2.35. The first-order valence-electron chi connectivity index (χ1n) is 8.56. The van der Waals surface area contributed by atoms with Gasteiger partial charge in [-0.05, 0) is 48.4 Å². The molecule has 1 amide bonds. The van der Waals surface area contributed by atoms with Crippen molar-refractivity contribution in [1.82, 2.24) is 4.90 Å². The second-order valence-electron chi connectivity index (χ2n) is 6.56. The lowest BCUT2D eigenvalue weighted by molar-refractivity contribution is -0.136. The Morgan fingerprint density at radius 3 is 2.36 bits per heavy atom. The van der Waals surface area contributed by atoms with Gasteiger partial charge in [0.05, 0.1) is 11.5 Å². The summed E-state index contributed by atoms with van der Waals surface area (Å²) in [6, 6.07) is 11.2. The molecule has 0 saturated carbocycles. The predicted octanol–water partition coefficient (Wildman–Crippen LogP) is 4.24. The van der Waals surface area contributed by atoms with Gasteiger partial charge in [0.1, 0.15) is 5.75 Å². The molecule has 3 rings (SSSR count). The molecule has 0 aliphatic carbocycles. The molecule has 1 aliphatic rings. The molecule has 1 heterocycles. The molecule has 1 saturated heterocycles. The van der Waals surface area contributed by atoms with Crippen LogP contribution in [0.3, 0.4) is 0 Å². The molecule has 150 valence electrons. The number of sulfone groups is 1. The summed E-state index contributed by atoms with van der Waals surface area (Å²) in [6.45, 7) is -0.0393. The van der Waals surface area contributed by atoms with Gasteiger partial charge in [-0.25, -0.2) is 8.42 Å². The first-order valence-corrected chi connectivity index (χ1v) is 11.5. The van der Waals surface area contributed by atoms with Gasteiger partial charge in [0.25, 0.3) is 5.91 Å². The van der Waals surface area contributed by atoms with E-state index in [4.69, 9.17) is 39.5 Å². The molecular formula is C19H18Cl3NO4S. The second kappa shape index (κ2) is 8.91. The van der Waals surface area contributed by atoms with Crippen molar-refractivity contribution >= 4 is 50.5 Å². The summed E-state index contributed by atoms with van der Waals surface area (Å²) >= 11 is 18.0. The molecule has 2 aromatic rings. The molecule has 0 aromatic heterocycles. The van der Waals surface area contributed by atoms with Crippen LogP contribution in [0.25, 0.3) is 0 Å². The van der Waals surface area contributed by atoms with Crippen molar-refractivity contribution in [2.45, 2.75) is 19.0 Å². The van der Waals surface area contributed by atoms with E-state index in [9.17, 15) is 13.2 Å². The van der Waals surface area contributed by atoms with E-state index in [1.165, 1.54) is 4.90 Å². The maximum absolute atomic E-state index is 12.9. The average Bonchev–Trinajstić information content (AvgIpc) is 3.00. The van der Waals surface area contributed by atoms with Crippen LogP contribution in [0.1, 0.15) is 12.0 Å². The van der Waals surface area contributed by atoms with E-state index < -0.39 is 15.9 Å². The molecule has 2 aromatic carbocycles. The van der Waals surface area contributed by atoms with E-state index in [-0.39, 0.29) is 30.6 Å². The molecule has 1 fully saturated rings. The lowest BCUT2D eigenvalue weighted by Gasteiger charge is -2.29. The van der Waals surface area contributed by atoms with Crippen molar-refractivity contribution in [2.24, 2.45) is 0 Å². The van der Waals surface area contributed by atoms with Crippen LogP contribution in [0.4, 0.5) is 0 Å². The van der Waals surface area contributed by atoms with Crippen molar-refractivity contribution < 1.29 is 17.9 Å². The molecule has 5 nitrogen and oxygen atoms in total. The number of carbonyl (C=O) groups excluding carboxylic acids is 1. The van der Waals surface area contributed by atoms with Crippen LogP contribution in [0, 0.1) is 0 Å². The zero-order valence-corrected chi connectivity index (χ0v) is 17.9. The van der Waals surface area contributed by atoms with Crippen LogP contribution in [-0.4, -0.2) is 43.4 Å².